The molecule has 0 unspecified atom stereocenters. The maximum absolute atomic E-state index is 12.8. The van der Waals surface area contributed by atoms with Gasteiger partial charge in [0.1, 0.15) is 5.58 Å². The van der Waals surface area contributed by atoms with E-state index < -0.39 is 0 Å². The van der Waals surface area contributed by atoms with Gasteiger partial charge in [0.2, 0.25) is 0 Å². The smallest absolute Gasteiger partial charge is 0.287 e. The molecule has 0 spiro atoms. The summed E-state index contributed by atoms with van der Waals surface area (Å²) in [5, 5.41) is 3.47. The number of benzene rings is 2. The fraction of sp³-hybridized carbons (Fsp3) is 0.360. The highest BCUT2D eigenvalue weighted by atomic mass is 16.5. The Morgan fingerprint density at radius 2 is 1.84 bits per heavy atom. The minimum atomic E-state index is -0.385. The lowest BCUT2D eigenvalue weighted by Gasteiger charge is -2.35. The summed E-state index contributed by atoms with van der Waals surface area (Å²) in [7, 11) is 0. The molecule has 0 radical (unpaired) electrons. The molecule has 0 aliphatic carbocycles. The Bertz CT molecular complexity index is 1110. The molecular weight excluding hydrogens is 392 g/mol. The van der Waals surface area contributed by atoms with E-state index in [9.17, 15) is 9.59 Å². The number of nitrogens with zero attached hydrogens (tertiary/aromatic N) is 1. The maximum Gasteiger partial charge on any atom is 0.287 e. The average molecular weight is 421 g/mol. The molecule has 1 aliphatic heterocycles. The van der Waals surface area contributed by atoms with Gasteiger partial charge in [-0.3, -0.25) is 14.5 Å². The van der Waals surface area contributed by atoms with E-state index in [1.807, 2.05) is 19.1 Å². The number of carbonyl (C=O) groups excluding carboxylic acids is 1. The molecule has 0 saturated carbocycles. The molecule has 1 fully saturated rings. The Morgan fingerprint density at radius 1 is 1.10 bits per heavy atom. The number of hydrogen-bond donors (Lipinski definition) is 1. The van der Waals surface area contributed by atoms with Crippen molar-refractivity contribution in [1.82, 2.24) is 10.2 Å². The Balaban J connectivity index is 1.54. The van der Waals surface area contributed by atoms with Gasteiger partial charge in [-0.2, -0.15) is 0 Å². The van der Waals surface area contributed by atoms with E-state index in [4.69, 9.17) is 9.15 Å². The lowest BCUT2D eigenvalue weighted by atomic mass is 10.0. The van der Waals surface area contributed by atoms with Crippen LogP contribution in [-0.2, 0) is 11.2 Å². The van der Waals surface area contributed by atoms with Crippen molar-refractivity contribution in [3.63, 3.8) is 0 Å². The second kappa shape index (κ2) is 9.45. The number of carbonyl (C=O) groups is 1. The van der Waals surface area contributed by atoms with E-state index in [1.165, 1.54) is 11.6 Å². The molecule has 31 heavy (non-hydrogen) atoms. The Hall–Kier alpha value is -2.96. The van der Waals surface area contributed by atoms with Crippen molar-refractivity contribution in [2.45, 2.75) is 26.3 Å². The van der Waals surface area contributed by atoms with E-state index >= 15 is 0 Å². The lowest BCUT2D eigenvalue weighted by Crippen LogP contribution is -2.43. The summed E-state index contributed by atoms with van der Waals surface area (Å²) in [4.78, 5) is 27.7. The van der Waals surface area contributed by atoms with Gasteiger partial charge in [0, 0.05) is 25.7 Å². The average Bonchev–Trinajstić information content (AvgIpc) is 2.80. The molecule has 162 valence electrons. The zero-order chi connectivity index (χ0) is 21.8. The van der Waals surface area contributed by atoms with Crippen LogP contribution in [0.3, 0.4) is 0 Å². The lowest BCUT2D eigenvalue weighted by molar-refractivity contribution is 0.0161. The topological polar surface area (TPSA) is 71.8 Å². The van der Waals surface area contributed by atoms with Crippen LogP contribution in [0, 0.1) is 6.92 Å². The number of nitrogens with one attached hydrogen (secondary N) is 1. The molecule has 0 bridgehead atoms. The number of morpholine rings is 1. The van der Waals surface area contributed by atoms with Gasteiger partial charge < -0.3 is 14.5 Å². The summed E-state index contributed by atoms with van der Waals surface area (Å²) in [6, 6.07) is 15.2. The monoisotopic (exact) mass is 420 g/mol. The zero-order valence-corrected chi connectivity index (χ0v) is 18.0. The highest BCUT2D eigenvalue weighted by molar-refractivity contribution is 5.93. The van der Waals surface area contributed by atoms with E-state index in [-0.39, 0.29) is 23.1 Å². The predicted molar refractivity (Wildman–Crippen MR) is 121 cm³/mol. The van der Waals surface area contributed by atoms with Gasteiger partial charge in [-0.05, 0) is 36.6 Å². The van der Waals surface area contributed by atoms with Crippen LogP contribution in [-0.4, -0.2) is 43.7 Å². The summed E-state index contributed by atoms with van der Waals surface area (Å²) in [5.74, 6) is -0.352. The zero-order valence-electron chi connectivity index (χ0n) is 18.0. The summed E-state index contributed by atoms with van der Waals surface area (Å²) in [6.07, 6.45) is 0.833. The summed E-state index contributed by atoms with van der Waals surface area (Å²) >= 11 is 0. The second-order valence-electron chi connectivity index (χ2n) is 7.94. The molecule has 1 aromatic heterocycles. The van der Waals surface area contributed by atoms with E-state index in [2.05, 4.69) is 41.4 Å². The van der Waals surface area contributed by atoms with Crippen LogP contribution < -0.4 is 10.7 Å². The van der Waals surface area contributed by atoms with Crippen molar-refractivity contribution in [2.75, 3.05) is 32.8 Å². The van der Waals surface area contributed by atoms with Crippen molar-refractivity contribution < 1.29 is 13.9 Å². The van der Waals surface area contributed by atoms with Crippen molar-refractivity contribution in [1.29, 1.82) is 0 Å². The number of rotatable bonds is 6. The third-order valence-electron chi connectivity index (χ3n) is 5.83. The summed E-state index contributed by atoms with van der Waals surface area (Å²) in [6.45, 7) is 7.46. The highest BCUT2D eigenvalue weighted by Crippen LogP contribution is 2.22. The number of ether oxygens (including phenoxy) is 1. The number of amides is 1. The fourth-order valence-electron chi connectivity index (χ4n) is 3.95. The minimum Gasteiger partial charge on any atom is -0.451 e. The number of aryl methyl sites for hydroxylation is 2. The molecule has 1 N–H and O–H groups in total. The Labute approximate surface area is 181 Å². The first-order chi connectivity index (χ1) is 15.0. The SMILES string of the molecule is CCc1ccc2oc(C(=O)NC[C@@H](c3ccc(C)cc3)N3CCOCC3)cc(=O)c2c1. The first-order valence-corrected chi connectivity index (χ1v) is 10.8. The van der Waals surface area contributed by atoms with Gasteiger partial charge in [0.25, 0.3) is 5.91 Å². The first-order valence-electron chi connectivity index (χ1n) is 10.8. The maximum atomic E-state index is 12.8. The normalized spacial score (nSPS) is 15.7. The molecule has 3 aromatic rings. The third-order valence-corrected chi connectivity index (χ3v) is 5.83. The van der Waals surface area contributed by atoms with Gasteiger partial charge in [-0.1, -0.05) is 42.8 Å². The van der Waals surface area contributed by atoms with Crippen molar-refractivity contribution >= 4 is 16.9 Å². The van der Waals surface area contributed by atoms with Crippen LogP contribution in [0.25, 0.3) is 11.0 Å². The third kappa shape index (κ3) is 4.86. The van der Waals surface area contributed by atoms with E-state index in [0.29, 0.717) is 30.7 Å². The molecular formula is C25H28N2O4. The molecule has 1 saturated heterocycles. The van der Waals surface area contributed by atoms with Crippen molar-refractivity contribution in [2.24, 2.45) is 0 Å². The Kier molecular flexibility index (Phi) is 6.49. The molecule has 4 rings (SSSR count). The fourth-order valence-corrected chi connectivity index (χ4v) is 3.95. The van der Waals surface area contributed by atoms with Crippen LogP contribution in [0.1, 0.15) is 40.2 Å². The van der Waals surface area contributed by atoms with Crippen LogP contribution in [0.4, 0.5) is 0 Å². The number of fused-ring (bicyclic) bond motifs is 1. The number of hydrogen-bond acceptors (Lipinski definition) is 5. The molecule has 2 heterocycles. The minimum absolute atomic E-state index is 0.0211. The molecule has 6 nitrogen and oxygen atoms in total. The predicted octanol–water partition coefficient (Wildman–Crippen LogP) is 3.47. The molecule has 2 aromatic carbocycles. The van der Waals surface area contributed by atoms with E-state index in [1.54, 1.807) is 6.07 Å². The Morgan fingerprint density at radius 3 is 2.55 bits per heavy atom. The molecule has 6 heteroatoms. The first kappa shape index (κ1) is 21.3. The summed E-state index contributed by atoms with van der Waals surface area (Å²) in [5.41, 5.74) is 3.61. The highest BCUT2D eigenvalue weighted by Gasteiger charge is 2.24. The van der Waals surface area contributed by atoms with Crippen LogP contribution in [0.5, 0.6) is 0 Å². The van der Waals surface area contributed by atoms with E-state index in [0.717, 1.165) is 30.6 Å². The van der Waals surface area contributed by atoms with Gasteiger partial charge in [0.05, 0.1) is 24.6 Å². The second-order valence-corrected chi connectivity index (χ2v) is 7.94. The van der Waals surface area contributed by atoms with Crippen molar-refractivity contribution in [3.8, 4) is 0 Å². The molecule has 1 amide bonds. The van der Waals surface area contributed by atoms with Crippen LogP contribution in [0.15, 0.2) is 57.7 Å². The van der Waals surface area contributed by atoms with Crippen LogP contribution in [0.2, 0.25) is 0 Å². The van der Waals surface area contributed by atoms with Gasteiger partial charge in [0.15, 0.2) is 11.2 Å². The van der Waals surface area contributed by atoms with Gasteiger partial charge in [-0.15, -0.1) is 0 Å². The molecule has 1 aliphatic rings. The van der Waals surface area contributed by atoms with Crippen LogP contribution >= 0.6 is 0 Å². The summed E-state index contributed by atoms with van der Waals surface area (Å²) < 4.78 is 11.2. The van der Waals surface area contributed by atoms with Crippen molar-refractivity contribution in [3.05, 3.63) is 81.2 Å². The van der Waals surface area contributed by atoms with Gasteiger partial charge in [-0.25, -0.2) is 0 Å². The largest absolute Gasteiger partial charge is 0.451 e. The quantitative estimate of drug-likeness (QED) is 0.661. The van der Waals surface area contributed by atoms with Gasteiger partial charge >= 0.3 is 0 Å². The molecule has 1 atom stereocenters. The standard InChI is InChI=1S/C25H28N2O4/c1-3-18-6-9-23-20(14-18)22(28)15-24(31-23)25(29)26-16-21(27-10-12-30-13-11-27)19-7-4-17(2)5-8-19/h4-9,14-15,21H,3,10-13,16H2,1-2H3,(H,26,29)/t21-/m0/s1.